The van der Waals surface area contributed by atoms with E-state index in [1.54, 1.807) is 18.1 Å². The predicted molar refractivity (Wildman–Crippen MR) is 96.6 cm³/mol. The fourth-order valence-corrected chi connectivity index (χ4v) is 2.49. The molecule has 0 saturated carbocycles. The van der Waals surface area contributed by atoms with Crippen molar-refractivity contribution in [2.24, 2.45) is 0 Å². The van der Waals surface area contributed by atoms with Crippen LogP contribution in [-0.2, 0) is 11.3 Å². The summed E-state index contributed by atoms with van der Waals surface area (Å²) in [4.78, 5) is 13.9. The van der Waals surface area contributed by atoms with Gasteiger partial charge in [-0.2, -0.15) is 5.10 Å². The molecule has 2 aromatic carbocycles. The number of aromatic nitrogens is 2. The van der Waals surface area contributed by atoms with E-state index in [-0.39, 0.29) is 5.91 Å². The molecule has 25 heavy (non-hydrogen) atoms. The molecule has 3 rings (SSSR count). The molecule has 0 aliphatic heterocycles. The van der Waals surface area contributed by atoms with Gasteiger partial charge in [0.25, 0.3) is 0 Å². The SMILES string of the molecule is CN(Cc1cnn(-c2ccccc2)c1)C(=O)CCOc1ccccc1. The van der Waals surface area contributed by atoms with Gasteiger partial charge in [0, 0.05) is 25.4 Å². The zero-order chi connectivity index (χ0) is 17.5. The molecule has 1 amide bonds. The van der Waals surface area contributed by atoms with Crippen LogP contribution in [0.15, 0.2) is 73.1 Å². The predicted octanol–water partition coefficient (Wildman–Crippen LogP) is 3.30. The van der Waals surface area contributed by atoms with Gasteiger partial charge in [0.2, 0.25) is 5.91 Å². The first-order valence-electron chi connectivity index (χ1n) is 8.23. The Bertz CT molecular complexity index is 800. The number of hydrogen-bond donors (Lipinski definition) is 0. The second-order valence-corrected chi connectivity index (χ2v) is 5.79. The van der Waals surface area contributed by atoms with Crippen molar-refractivity contribution >= 4 is 5.91 Å². The maximum atomic E-state index is 12.2. The summed E-state index contributed by atoms with van der Waals surface area (Å²) in [6.07, 6.45) is 4.08. The molecule has 0 unspecified atom stereocenters. The first-order chi connectivity index (χ1) is 12.2. The van der Waals surface area contributed by atoms with Crippen molar-refractivity contribution in [3.8, 4) is 11.4 Å². The Morgan fingerprint density at radius 3 is 2.48 bits per heavy atom. The highest BCUT2D eigenvalue weighted by molar-refractivity contribution is 5.76. The number of nitrogens with zero attached hydrogens (tertiary/aromatic N) is 3. The highest BCUT2D eigenvalue weighted by atomic mass is 16.5. The van der Waals surface area contributed by atoms with Crippen molar-refractivity contribution in [2.75, 3.05) is 13.7 Å². The first kappa shape index (κ1) is 16.8. The van der Waals surface area contributed by atoms with Crippen LogP contribution in [0.25, 0.3) is 5.69 Å². The van der Waals surface area contributed by atoms with Gasteiger partial charge in [-0.25, -0.2) is 4.68 Å². The number of carbonyl (C=O) groups is 1. The summed E-state index contributed by atoms with van der Waals surface area (Å²) in [6, 6.07) is 19.4. The van der Waals surface area contributed by atoms with E-state index in [4.69, 9.17) is 4.74 Å². The zero-order valence-corrected chi connectivity index (χ0v) is 14.2. The van der Waals surface area contributed by atoms with Crippen molar-refractivity contribution in [1.82, 2.24) is 14.7 Å². The molecule has 0 fully saturated rings. The average Bonchev–Trinajstić information content (AvgIpc) is 3.12. The number of amides is 1. The zero-order valence-electron chi connectivity index (χ0n) is 14.2. The van der Waals surface area contributed by atoms with Gasteiger partial charge in [0.15, 0.2) is 0 Å². The molecule has 3 aromatic rings. The van der Waals surface area contributed by atoms with Crippen LogP contribution in [-0.4, -0.2) is 34.2 Å². The second kappa shape index (κ2) is 8.15. The number of para-hydroxylation sites is 2. The van der Waals surface area contributed by atoms with Crippen LogP contribution in [0.2, 0.25) is 0 Å². The summed E-state index contributed by atoms with van der Waals surface area (Å²) in [5.74, 6) is 0.825. The van der Waals surface area contributed by atoms with Crippen LogP contribution in [0.5, 0.6) is 5.75 Å². The fourth-order valence-electron chi connectivity index (χ4n) is 2.49. The van der Waals surface area contributed by atoms with Crippen molar-refractivity contribution in [2.45, 2.75) is 13.0 Å². The molecule has 1 aromatic heterocycles. The minimum atomic E-state index is 0.0448. The summed E-state index contributed by atoms with van der Waals surface area (Å²) in [5, 5.41) is 4.35. The molecule has 0 saturated heterocycles. The molecule has 5 nitrogen and oxygen atoms in total. The van der Waals surface area contributed by atoms with E-state index in [0.717, 1.165) is 17.0 Å². The monoisotopic (exact) mass is 335 g/mol. The highest BCUT2D eigenvalue weighted by Gasteiger charge is 2.11. The lowest BCUT2D eigenvalue weighted by molar-refractivity contribution is -0.130. The molecular formula is C20H21N3O2. The molecule has 1 heterocycles. The Labute approximate surface area is 147 Å². The lowest BCUT2D eigenvalue weighted by atomic mass is 10.3. The standard InChI is InChI=1S/C20H21N3O2/c1-22(20(24)12-13-25-19-10-6-3-7-11-19)15-17-14-21-23(16-17)18-8-4-2-5-9-18/h2-11,14,16H,12-13,15H2,1H3. The number of ether oxygens (including phenoxy) is 1. The molecule has 128 valence electrons. The van der Waals surface area contributed by atoms with Gasteiger partial charge in [-0.15, -0.1) is 0 Å². The minimum Gasteiger partial charge on any atom is -0.493 e. The van der Waals surface area contributed by atoms with E-state index in [9.17, 15) is 4.79 Å². The molecule has 0 bridgehead atoms. The lowest BCUT2D eigenvalue weighted by Gasteiger charge is -2.16. The van der Waals surface area contributed by atoms with Crippen molar-refractivity contribution < 1.29 is 9.53 Å². The maximum Gasteiger partial charge on any atom is 0.226 e. The van der Waals surface area contributed by atoms with Gasteiger partial charge >= 0.3 is 0 Å². The topological polar surface area (TPSA) is 47.4 Å². The quantitative estimate of drug-likeness (QED) is 0.665. The summed E-state index contributed by atoms with van der Waals surface area (Å²) in [7, 11) is 1.80. The normalized spacial score (nSPS) is 10.4. The summed E-state index contributed by atoms with van der Waals surface area (Å²) in [5.41, 5.74) is 1.99. The van der Waals surface area contributed by atoms with E-state index < -0.39 is 0 Å². The largest absolute Gasteiger partial charge is 0.493 e. The van der Waals surface area contributed by atoms with E-state index in [0.29, 0.717) is 19.6 Å². The van der Waals surface area contributed by atoms with Crippen LogP contribution in [0.1, 0.15) is 12.0 Å². The summed E-state index contributed by atoms with van der Waals surface area (Å²) in [6.45, 7) is 0.896. The Hall–Kier alpha value is -3.08. The van der Waals surface area contributed by atoms with Crippen molar-refractivity contribution in [3.63, 3.8) is 0 Å². The first-order valence-corrected chi connectivity index (χ1v) is 8.23. The third kappa shape index (κ3) is 4.70. The maximum absolute atomic E-state index is 12.2. The number of rotatable bonds is 7. The number of benzene rings is 2. The molecular weight excluding hydrogens is 314 g/mol. The molecule has 0 radical (unpaired) electrons. The van der Waals surface area contributed by atoms with Crippen LogP contribution in [0.4, 0.5) is 0 Å². The van der Waals surface area contributed by atoms with Gasteiger partial charge in [-0.3, -0.25) is 4.79 Å². The molecule has 0 N–H and O–H groups in total. The number of carbonyl (C=O) groups excluding carboxylic acids is 1. The van der Waals surface area contributed by atoms with E-state index >= 15 is 0 Å². The Morgan fingerprint density at radius 1 is 1.08 bits per heavy atom. The molecule has 0 spiro atoms. The average molecular weight is 335 g/mol. The molecule has 0 aliphatic rings. The van der Waals surface area contributed by atoms with Gasteiger partial charge < -0.3 is 9.64 Å². The Morgan fingerprint density at radius 2 is 1.76 bits per heavy atom. The molecule has 0 atom stereocenters. The fraction of sp³-hybridized carbons (Fsp3) is 0.200. The van der Waals surface area contributed by atoms with E-state index in [1.165, 1.54) is 0 Å². The van der Waals surface area contributed by atoms with Gasteiger partial charge in [-0.05, 0) is 24.3 Å². The Balaban J connectivity index is 1.49. The summed E-state index contributed by atoms with van der Waals surface area (Å²) < 4.78 is 7.39. The van der Waals surface area contributed by atoms with E-state index in [2.05, 4.69) is 5.10 Å². The van der Waals surface area contributed by atoms with Crippen molar-refractivity contribution in [1.29, 1.82) is 0 Å². The van der Waals surface area contributed by atoms with E-state index in [1.807, 2.05) is 71.5 Å². The smallest absolute Gasteiger partial charge is 0.226 e. The minimum absolute atomic E-state index is 0.0448. The molecule has 0 aliphatic carbocycles. The van der Waals surface area contributed by atoms with Gasteiger partial charge in [0.1, 0.15) is 5.75 Å². The third-order valence-corrected chi connectivity index (χ3v) is 3.83. The number of hydrogen-bond acceptors (Lipinski definition) is 3. The third-order valence-electron chi connectivity index (χ3n) is 3.83. The van der Waals surface area contributed by atoms with Gasteiger partial charge in [-0.1, -0.05) is 36.4 Å². The van der Waals surface area contributed by atoms with Gasteiger partial charge in [0.05, 0.1) is 24.9 Å². The van der Waals surface area contributed by atoms with Crippen LogP contribution in [0.3, 0.4) is 0 Å². The Kier molecular flexibility index (Phi) is 5.46. The second-order valence-electron chi connectivity index (χ2n) is 5.79. The van der Waals surface area contributed by atoms with Crippen LogP contribution < -0.4 is 4.74 Å². The molecule has 5 heteroatoms. The lowest BCUT2D eigenvalue weighted by Crippen LogP contribution is -2.27. The highest BCUT2D eigenvalue weighted by Crippen LogP contribution is 2.11. The van der Waals surface area contributed by atoms with Crippen LogP contribution >= 0.6 is 0 Å². The van der Waals surface area contributed by atoms with Crippen molar-refractivity contribution in [3.05, 3.63) is 78.6 Å². The van der Waals surface area contributed by atoms with Crippen LogP contribution in [0, 0.1) is 0 Å². The summed E-state index contributed by atoms with van der Waals surface area (Å²) >= 11 is 0.